The van der Waals surface area contributed by atoms with Gasteiger partial charge in [-0.3, -0.25) is 4.79 Å². The minimum atomic E-state index is -0.365. The van der Waals surface area contributed by atoms with E-state index in [0.717, 1.165) is 11.3 Å². The summed E-state index contributed by atoms with van der Waals surface area (Å²) in [6.07, 6.45) is 2.88. The quantitative estimate of drug-likeness (QED) is 0.638. The average Bonchev–Trinajstić information content (AvgIpc) is 2.71. The highest BCUT2D eigenvalue weighted by Crippen LogP contribution is 2.30. The molecule has 0 bridgehead atoms. The average molecular weight is 399 g/mol. The van der Waals surface area contributed by atoms with Crippen LogP contribution in [-0.2, 0) is 0 Å². The summed E-state index contributed by atoms with van der Waals surface area (Å²) in [7, 11) is 3.14. The molecule has 144 valence electrons. The molecule has 0 radical (unpaired) electrons. The molecule has 2 N–H and O–H groups in total. The molecule has 7 nitrogen and oxygen atoms in total. The predicted molar refractivity (Wildman–Crippen MR) is 109 cm³/mol. The van der Waals surface area contributed by atoms with E-state index in [1.807, 2.05) is 13.0 Å². The molecule has 0 atom stereocenters. The number of nitrogens with one attached hydrogen (secondary N) is 2. The topological polar surface area (TPSA) is 85.4 Å². The lowest BCUT2D eigenvalue weighted by molar-refractivity contribution is 0.102. The molecule has 0 saturated carbocycles. The van der Waals surface area contributed by atoms with Gasteiger partial charge in [0.25, 0.3) is 5.91 Å². The molecule has 1 heterocycles. The summed E-state index contributed by atoms with van der Waals surface area (Å²) < 4.78 is 10.5. The number of benzene rings is 2. The highest BCUT2D eigenvalue weighted by molar-refractivity contribution is 6.31. The number of rotatable bonds is 6. The molecule has 0 aliphatic heterocycles. The van der Waals surface area contributed by atoms with Crippen molar-refractivity contribution >= 4 is 34.7 Å². The summed E-state index contributed by atoms with van der Waals surface area (Å²) in [5, 5.41) is 6.47. The number of amides is 1. The van der Waals surface area contributed by atoms with Crippen molar-refractivity contribution in [3.63, 3.8) is 0 Å². The van der Waals surface area contributed by atoms with Crippen LogP contribution in [0.2, 0.25) is 5.02 Å². The fraction of sp³-hybridized carbons (Fsp3) is 0.150. The van der Waals surface area contributed by atoms with E-state index in [4.69, 9.17) is 21.1 Å². The Morgan fingerprint density at radius 2 is 1.82 bits per heavy atom. The Labute approximate surface area is 167 Å². The summed E-state index contributed by atoms with van der Waals surface area (Å²) in [5.74, 6) is 1.34. The predicted octanol–water partition coefficient (Wildman–Crippen LogP) is 4.45. The SMILES string of the molecule is COc1ccc(Nc2cnc(C(=O)Nc3cccc(Cl)c3C)cn2)cc1OC. The molecule has 0 aliphatic carbocycles. The van der Waals surface area contributed by atoms with Crippen molar-refractivity contribution in [3.8, 4) is 11.5 Å². The van der Waals surface area contributed by atoms with E-state index in [-0.39, 0.29) is 11.6 Å². The number of aromatic nitrogens is 2. The Balaban J connectivity index is 1.71. The number of carbonyl (C=O) groups excluding carboxylic acids is 1. The molecule has 0 aliphatic rings. The van der Waals surface area contributed by atoms with E-state index in [1.54, 1.807) is 44.6 Å². The van der Waals surface area contributed by atoms with Gasteiger partial charge in [0, 0.05) is 22.5 Å². The number of nitrogens with zero attached hydrogens (tertiary/aromatic N) is 2. The molecule has 0 unspecified atom stereocenters. The third-order valence-corrected chi connectivity index (χ3v) is 4.47. The van der Waals surface area contributed by atoms with E-state index in [2.05, 4.69) is 20.6 Å². The molecule has 0 fully saturated rings. The van der Waals surface area contributed by atoms with E-state index in [1.165, 1.54) is 12.4 Å². The molecule has 1 amide bonds. The zero-order chi connectivity index (χ0) is 20.1. The molecule has 0 spiro atoms. The summed E-state index contributed by atoms with van der Waals surface area (Å²) in [4.78, 5) is 20.8. The van der Waals surface area contributed by atoms with E-state index in [0.29, 0.717) is 28.0 Å². The van der Waals surface area contributed by atoms with E-state index >= 15 is 0 Å². The molecule has 3 rings (SSSR count). The van der Waals surface area contributed by atoms with Gasteiger partial charge in [0.15, 0.2) is 11.5 Å². The zero-order valence-corrected chi connectivity index (χ0v) is 16.4. The highest BCUT2D eigenvalue weighted by Gasteiger charge is 2.11. The first-order valence-corrected chi connectivity index (χ1v) is 8.77. The maximum Gasteiger partial charge on any atom is 0.275 e. The van der Waals surface area contributed by atoms with Gasteiger partial charge in [-0.15, -0.1) is 0 Å². The maximum absolute atomic E-state index is 12.4. The van der Waals surface area contributed by atoms with Crippen LogP contribution < -0.4 is 20.1 Å². The Kier molecular flexibility index (Phi) is 5.96. The van der Waals surface area contributed by atoms with Gasteiger partial charge in [0.05, 0.1) is 26.6 Å². The minimum absolute atomic E-state index is 0.192. The second kappa shape index (κ2) is 8.58. The van der Waals surface area contributed by atoms with Gasteiger partial charge in [-0.25, -0.2) is 9.97 Å². The van der Waals surface area contributed by atoms with Gasteiger partial charge < -0.3 is 20.1 Å². The second-order valence-corrected chi connectivity index (χ2v) is 6.26. The Hall–Kier alpha value is -3.32. The molecule has 2 aromatic carbocycles. The molecule has 0 saturated heterocycles. The molecular formula is C20H19ClN4O3. The van der Waals surface area contributed by atoms with Crippen LogP contribution in [-0.4, -0.2) is 30.1 Å². The van der Waals surface area contributed by atoms with Crippen LogP contribution in [0.5, 0.6) is 11.5 Å². The molecule has 28 heavy (non-hydrogen) atoms. The van der Waals surface area contributed by atoms with Crippen LogP contribution in [0.1, 0.15) is 16.1 Å². The van der Waals surface area contributed by atoms with Gasteiger partial charge in [-0.2, -0.15) is 0 Å². The molecule has 8 heteroatoms. The largest absolute Gasteiger partial charge is 0.493 e. The first kappa shape index (κ1) is 19.4. The van der Waals surface area contributed by atoms with Crippen LogP contribution in [0.25, 0.3) is 0 Å². The standard InChI is InChI=1S/C20H19ClN4O3/c1-12-14(21)5-4-6-15(12)25-20(26)16-10-23-19(11-22-16)24-13-7-8-17(27-2)18(9-13)28-3/h4-11H,1-3H3,(H,23,24)(H,25,26). The Morgan fingerprint density at radius 1 is 1.04 bits per heavy atom. The Morgan fingerprint density at radius 3 is 2.50 bits per heavy atom. The van der Waals surface area contributed by atoms with Crippen molar-refractivity contribution in [1.82, 2.24) is 9.97 Å². The lowest BCUT2D eigenvalue weighted by Crippen LogP contribution is -2.15. The van der Waals surface area contributed by atoms with Gasteiger partial charge >= 0.3 is 0 Å². The van der Waals surface area contributed by atoms with Gasteiger partial charge in [-0.05, 0) is 36.8 Å². The minimum Gasteiger partial charge on any atom is -0.493 e. The maximum atomic E-state index is 12.4. The van der Waals surface area contributed by atoms with Crippen molar-refractivity contribution in [2.75, 3.05) is 24.9 Å². The van der Waals surface area contributed by atoms with Crippen LogP contribution in [0.3, 0.4) is 0 Å². The lowest BCUT2D eigenvalue weighted by atomic mass is 10.2. The van der Waals surface area contributed by atoms with Crippen LogP contribution >= 0.6 is 11.6 Å². The van der Waals surface area contributed by atoms with Crippen molar-refractivity contribution in [2.24, 2.45) is 0 Å². The third kappa shape index (κ3) is 4.32. The van der Waals surface area contributed by atoms with E-state index in [9.17, 15) is 4.79 Å². The third-order valence-electron chi connectivity index (χ3n) is 4.06. The highest BCUT2D eigenvalue weighted by atomic mass is 35.5. The van der Waals surface area contributed by atoms with Gasteiger partial charge in [-0.1, -0.05) is 17.7 Å². The lowest BCUT2D eigenvalue weighted by Gasteiger charge is -2.11. The van der Waals surface area contributed by atoms with E-state index < -0.39 is 0 Å². The second-order valence-electron chi connectivity index (χ2n) is 5.85. The molecule has 3 aromatic rings. The number of methoxy groups -OCH3 is 2. The number of carbonyl (C=O) groups is 1. The number of halogens is 1. The molecule has 1 aromatic heterocycles. The summed E-state index contributed by atoms with van der Waals surface area (Å²) in [6.45, 7) is 1.83. The zero-order valence-electron chi connectivity index (χ0n) is 15.6. The van der Waals surface area contributed by atoms with Gasteiger partial charge in [0.2, 0.25) is 0 Å². The van der Waals surface area contributed by atoms with Crippen LogP contribution in [0.15, 0.2) is 48.8 Å². The van der Waals surface area contributed by atoms with Crippen molar-refractivity contribution in [3.05, 3.63) is 65.1 Å². The van der Waals surface area contributed by atoms with Gasteiger partial charge in [0.1, 0.15) is 11.5 Å². The summed E-state index contributed by atoms with van der Waals surface area (Å²) >= 11 is 6.08. The fourth-order valence-electron chi connectivity index (χ4n) is 2.50. The first-order valence-electron chi connectivity index (χ1n) is 8.39. The number of hydrogen-bond acceptors (Lipinski definition) is 6. The number of anilines is 3. The monoisotopic (exact) mass is 398 g/mol. The summed E-state index contributed by atoms with van der Waals surface area (Å²) in [6, 6.07) is 10.7. The molecular weight excluding hydrogens is 380 g/mol. The normalized spacial score (nSPS) is 10.3. The van der Waals surface area contributed by atoms with Crippen LogP contribution in [0.4, 0.5) is 17.2 Å². The number of ether oxygens (including phenoxy) is 2. The number of hydrogen-bond donors (Lipinski definition) is 2. The van der Waals surface area contributed by atoms with Crippen molar-refractivity contribution in [1.29, 1.82) is 0 Å². The van der Waals surface area contributed by atoms with Crippen molar-refractivity contribution < 1.29 is 14.3 Å². The smallest absolute Gasteiger partial charge is 0.275 e. The first-order chi connectivity index (χ1) is 13.5. The fourth-order valence-corrected chi connectivity index (χ4v) is 2.68. The Bertz CT molecular complexity index is 993. The van der Waals surface area contributed by atoms with Crippen LogP contribution in [0, 0.1) is 6.92 Å². The summed E-state index contributed by atoms with van der Waals surface area (Å²) in [5.41, 5.74) is 2.36. The van der Waals surface area contributed by atoms with Crippen molar-refractivity contribution in [2.45, 2.75) is 6.92 Å².